The Morgan fingerprint density at radius 3 is 2.48 bits per heavy atom. The fourth-order valence-electron chi connectivity index (χ4n) is 4.19. The molecule has 0 saturated heterocycles. The van der Waals surface area contributed by atoms with Crippen LogP contribution in [0.1, 0.15) is 62.5 Å². The summed E-state index contributed by atoms with van der Waals surface area (Å²) in [5.74, 6) is 0.766. The lowest BCUT2D eigenvalue weighted by atomic mass is 9.84. The molecule has 5 rings (SSSR count). The van der Waals surface area contributed by atoms with Gasteiger partial charge < -0.3 is 4.57 Å². The second-order valence-electron chi connectivity index (χ2n) is 7.78. The van der Waals surface area contributed by atoms with E-state index in [1.165, 1.54) is 61.8 Å². The zero-order valence-corrected chi connectivity index (χ0v) is 16.4. The average Bonchev–Trinajstić information content (AvgIpc) is 3.50. The smallest absolute Gasteiger partial charge is 0.190 e. The molecule has 0 amide bonds. The molecule has 4 heteroatoms. The summed E-state index contributed by atoms with van der Waals surface area (Å²) in [5, 5.41) is 2.27. The third-order valence-electron chi connectivity index (χ3n) is 5.81. The molecule has 27 heavy (non-hydrogen) atoms. The molecule has 0 unspecified atom stereocenters. The molecule has 0 spiro atoms. The van der Waals surface area contributed by atoms with Crippen LogP contribution in [0, 0.1) is 0 Å². The number of hydrogen-bond acceptors (Lipinski definition) is 3. The number of hydrogen-bond donors (Lipinski definition) is 0. The maximum atomic E-state index is 4.86. The largest absolute Gasteiger partial charge is 0.313 e. The van der Waals surface area contributed by atoms with Gasteiger partial charge in [-0.1, -0.05) is 43.5 Å². The number of thiazole rings is 1. The lowest BCUT2D eigenvalue weighted by molar-refractivity contribution is 0.443. The van der Waals surface area contributed by atoms with Gasteiger partial charge in [0.15, 0.2) is 4.80 Å². The number of rotatable bonds is 4. The predicted molar refractivity (Wildman–Crippen MR) is 111 cm³/mol. The molecule has 2 saturated carbocycles. The van der Waals surface area contributed by atoms with Gasteiger partial charge in [0, 0.05) is 17.6 Å². The Bertz CT molecular complexity index is 959. The summed E-state index contributed by atoms with van der Waals surface area (Å²) in [6, 6.07) is 13.9. The highest BCUT2D eigenvalue weighted by Gasteiger charge is 2.27. The van der Waals surface area contributed by atoms with E-state index in [2.05, 4.69) is 39.2 Å². The van der Waals surface area contributed by atoms with Crippen molar-refractivity contribution in [3.8, 4) is 11.3 Å². The van der Waals surface area contributed by atoms with Crippen LogP contribution in [0.25, 0.3) is 11.3 Å². The quantitative estimate of drug-likeness (QED) is 0.532. The van der Waals surface area contributed by atoms with E-state index in [0.717, 1.165) is 16.4 Å². The highest BCUT2D eigenvalue weighted by atomic mass is 32.1. The third-order valence-corrected chi connectivity index (χ3v) is 6.65. The lowest BCUT2D eigenvalue weighted by Crippen LogP contribution is -2.14. The average molecular weight is 376 g/mol. The summed E-state index contributed by atoms with van der Waals surface area (Å²) in [6.45, 7) is 0. The second kappa shape index (κ2) is 7.43. The van der Waals surface area contributed by atoms with Crippen molar-refractivity contribution in [2.24, 2.45) is 4.99 Å². The van der Waals surface area contributed by atoms with Crippen LogP contribution in [0.15, 0.2) is 59.2 Å². The SMILES string of the molecule is c1cncc(N=c2scc(-c3ccc(C4CCCCC4)cc3)n2C2CC2)c1. The summed E-state index contributed by atoms with van der Waals surface area (Å²) < 4.78 is 2.44. The van der Waals surface area contributed by atoms with E-state index in [9.17, 15) is 0 Å². The molecule has 0 N–H and O–H groups in total. The van der Waals surface area contributed by atoms with Crippen LogP contribution in [-0.2, 0) is 0 Å². The van der Waals surface area contributed by atoms with Crippen LogP contribution in [0.4, 0.5) is 5.69 Å². The van der Waals surface area contributed by atoms with E-state index >= 15 is 0 Å². The van der Waals surface area contributed by atoms with Gasteiger partial charge in [-0.2, -0.15) is 0 Å². The van der Waals surface area contributed by atoms with Gasteiger partial charge in [0.2, 0.25) is 0 Å². The first-order valence-electron chi connectivity index (χ1n) is 10.1. The van der Waals surface area contributed by atoms with Crippen molar-refractivity contribution in [3.05, 3.63) is 64.5 Å². The number of benzene rings is 1. The molecule has 2 aliphatic carbocycles. The first kappa shape index (κ1) is 16.9. The maximum absolute atomic E-state index is 4.86. The van der Waals surface area contributed by atoms with Crippen molar-refractivity contribution in [2.75, 3.05) is 0 Å². The molecule has 0 aliphatic heterocycles. The third kappa shape index (κ3) is 3.63. The summed E-state index contributed by atoms with van der Waals surface area (Å²) in [7, 11) is 0. The highest BCUT2D eigenvalue weighted by Crippen LogP contribution is 2.39. The standard InChI is InChI=1S/C23H25N3S/c1-2-5-17(6-3-1)18-8-10-19(11-9-18)22-16-27-23(26(22)21-12-13-21)25-20-7-4-14-24-15-20/h4,7-11,14-17,21H,1-3,5-6,12-13H2. The molecule has 0 radical (unpaired) electrons. The Morgan fingerprint density at radius 2 is 1.78 bits per heavy atom. The van der Waals surface area contributed by atoms with Crippen LogP contribution in [0.2, 0.25) is 0 Å². The van der Waals surface area contributed by atoms with Crippen molar-refractivity contribution >= 4 is 17.0 Å². The Kier molecular flexibility index (Phi) is 4.66. The first-order chi connectivity index (χ1) is 13.4. The normalized spacial score (nSPS) is 18.7. The van der Waals surface area contributed by atoms with E-state index in [1.54, 1.807) is 17.5 Å². The Labute approximate surface area is 164 Å². The fraction of sp³-hybridized carbons (Fsp3) is 0.391. The minimum absolute atomic E-state index is 0.597. The highest BCUT2D eigenvalue weighted by molar-refractivity contribution is 7.07. The first-order valence-corrected chi connectivity index (χ1v) is 11.0. The summed E-state index contributed by atoms with van der Waals surface area (Å²) in [4.78, 5) is 10.1. The van der Waals surface area contributed by atoms with E-state index in [0.29, 0.717) is 6.04 Å². The molecule has 2 heterocycles. The van der Waals surface area contributed by atoms with Crippen LogP contribution in [-0.4, -0.2) is 9.55 Å². The van der Waals surface area contributed by atoms with Gasteiger partial charge in [-0.15, -0.1) is 11.3 Å². The Morgan fingerprint density at radius 1 is 0.963 bits per heavy atom. The van der Waals surface area contributed by atoms with Gasteiger partial charge in [0.05, 0.1) is 17.6 Å². The van der Waals surface area contributed by atoms with Crippen molar-refractivity contribution in [1.29, 1.82) is 0 Å². The maximum Gasteiger partial charge on any atom is 0.190 e. The zero-order chi connectivity index (χ0) is 18.1. The molecule has 138 valence electrons. The van der Waals surface area contributed by atoms with Gasteiger partial charge in [0.1, 0.15) is 0 Å². The predicted octanol–water partition coefficient (Wildman–Crippen LogP) is 6.23. The lowest BCUT2D eigenvalue weighted by Gasteiger charge is -2.22. The Hall–Kier alpha value is -2.20. The summed E-state index contributed by atoms with van der Waals surface area (Å²) in [5.41, 5.74) is 5.06. The van der Waals surface area contributed by atoms with Gasteiger partial charge in [-0.3, -0.25) is 4.98 Å². The van der Waals surface area contributed by atoms with Crippen molar-refractivity contribution < 1.29 is 0 Å². The summed E-state index contributed by atoms with van der Waals surface area (Å²) in [6.07, 6.45) is 13.0. The molecule has 0 bridgehead atoms. The fourth-order valence-corrected chi connectivity index (χ4v) is 5.18. The molecule has 1 aromatic carbocycles. The second-order valence-corrected chi connectivity index (χ2v) is 8.62. The topological polar surface area (TPSA) is 30.2 Å². The van der Waals surface area contributed by atoms with Crippen molar-refractivity contribution in [3.63, 3.8) is 0 Å². The molecule has 0 atom stereocenters. The van der Waals surface area contributed by atoms with Gasteiger partial charge in [0.25, 0.3) is 0 Å². The van der Waals surface area contributed by atoms with Crippen molar-refractivity contribution in [2.45, 2.75) is 56.9 Å². The zero-order valence-electron chi connectivity index (χ0n) is 15.6. The number of pyridine rings is 1. The molecular formula is C23H25N3S. The van der Waals surface area contributed by atoms with E-state index in [4.69, 9.17) is 4.99 Å². The number of aromatic nitrogens is 2. The van der Waals surface area contributed by atoms with Crippen LogP contribution < -0.4 is 4.80 Å². The molecule has 2 aromatic heterocycles. The van der Waals surface area contributed by atoms with E-state index in [-0.39, 0.29) is 0 Å². The van der Waals surface area contributed by atoms with Crippen LogP contribution in [0.5, 0.6) is 0 Å². The van der Waals surface area contributed by atoms with E-state index < -0.39 is 0 Å². The van der Waals surface area contributed by atoms with Crippen LogP contribution in [0.3, 0.4) is 0 Å². The monoisotopic (exact) mass is 375 g/mol. The minimum Gasteiger partial charge on any atom is -0.313 e. The number of nitrogens with zero attached hydrogens (tertiary/aromatic N) is 3. The van der Waals surface area contributed by atoms with Crippen molar-refractivity contribution in [1.82, 2.24) is 9.55 Å². The van der Waals surface area contributed by atoms with Crippen LogP contribution >= 0.6 is 11.3 Å². The van der Waals surface area contributed by atoms with Gasteiger partial charge >= 0.3 is 0 Å². The summed E-state index contributed by atoms with van der Waals surface area (Å²) >= 11 is 1.73. The van der Waals surface area contributed by atoms with Gasteiger partial charge in [-0.25, -0.2) is 4.99 Å². The molecular weight excluding hydrogens is 350 g/mol. The van der Waals surface area contributed by atoms with Gasteiger partial charge in [-0.05, 0) is 54.9 Å². The molecule has 2 fully saturated rings. The Balaban J connectivity index is 1.49. The molecule has 3 aromatic rings. The molecule has 3 nitrogen and oxygen atoms in total. The molecule has 2 aliphatic rings. The van der Waals surface area contributed by atoms with E-state index in [1.807, 2.05) is 18.3 Å². The minimum atomic E-state index is 0.597.